The lowest BCUT2D eigenvalue weighted by molar-refractivity contribution is -0.121. The van der Waals surface area contributed by atoms with E-state index in [1.54, 1.807) is 7.05 Å². The molecule has 27 heavy (non-hydrogen) atoms. The van der Waals surface area contributed by atoms with Crippen molar-refractivity contribution < 1.29 is 4.79 Å². The first-order valence-electron chi connectivity index (χ1n) is 9.38. The molecule has 0 spiro atoms. The minimum Gasteiger partial charge on any atom is -0.358 e. The van der Waals surface area contributed by atoms with Crippen molar-refractivity contribution in [2.24, 2.45) is 0 Å². The summed E-state index contributed by atoms with van der Waals surface area (Å²) >= 11 is 0. The number of carbonyl (C=O) groups is 1. The summed E-state index contributed by atoms with van der Waals surface area (Å²) in [4.78, 5) is 14.9. The van der Waals surface area contributed by atoms with Gasteiger partial charge in [-0.15, -0.1) is 0 Å². The zero-order valence-electron chi connectivity index (χ0n) is 15.7. The average Bonchev–Trinajstić information content (AvgIpc) is 3.41. The monoisotopic (exact) mass is 356 g/mol. The molecule has 3 atom stereocenters. The molecule has 1 fully saturated rings. The molecule has 0 aromatic heterocycles. The van der Waals surface area contributed by atoms with E-state index in [-0.39, 0.29) is 18.0 Å². The predicted molar refractivity (Wildman–Crippen MR) is 108 cm³/mol. The summed E-state index contributed by atoms with van der Waals surface area (Å²) in [7, 11) is 1.71. The first-order valence-corrected chi connectivity index (χ1v) is 9.38. The highest BCUT2D eigenvalue weighted by atomic mass is 16.2. The van der Waals surface area contributed by atoms with Crippen molar-refractivity contribution in [2.45, 2.75) is 24.5 Å². The fourth-order valence-electron chi connectivity index (χ4n) is 4.34. The van der Waals surface area contributed by atoms with Crippen LogP contribution in [0.15, 0.2) is 91.0 Å². The number of rotatable bonds is 5. The molecule has 4 rings (SSSR count). The molecule has 1 saturated heterocycles. The second-order valence-corrected chi connectivity index (χ2v) is 7.02. The van der Waals surface area contributed by atoms with E-state index in [1.165, 1.54) is 16.7 Å². The Hall–Kier alpha value is -2.91. The highest BCUT2D eigenvalue weighted by molar-refractivity contribution is 5.86. The van der Waals surface area contributed by atoms with Gasteiger partial charge < -0.3 is 5.32 Å². The molecule has 0 radical (unpaired) electrons. The van der Waals surface area contributed by atoms with Crippen LogP contribution >= 0.6 is 0 Å². The molecule has 1 amide bonds. The normalized spacial score (nSPS) is 21.5. The van der Waals surface area contributed by atoms with Crippen LogP contribution in [0.3, 0.4) is 0 Å². The van der Waals surface area contributed by atoms with Gasteiger partial charge >= 0.3 is 0 Å². The van der Waals surface area contributed by atoms with E-state index < -0.39 is 5.54 Å². The third-order valence-electron chi connectivity index (χ3n) is 5.58. The van der Waals surface area contributed by atoms with Gasteiger partial charge in [-0.1, -0.05) is 91.0 Å². The number of nitrogens with zero attached hydrogens (tertiary/aromatic N) is 1. The number of likely N-dealkylation sites (N-methyl/N-ethyl adjacent to an activating group) is 1. The molecule has 1 aliphatic heterocycles. The molecule has 136 valence electrons. The zero-order chi connectivity index (χ0) is 18.9. The fourth-order valence-corrected chi connectivity index (χ4v) is 4.34. The summed E-state index contributed by atoms with van der Waals surface area (Å²) < 4.78 is 0. The maximum Gasteiger partial charge on any atom is 0.238 e. The van der Waals surface area contributed by atoms with Gasteiger partial charge in [0, 0.05) is 13.1 Å². The van der Waals surface area contributed by atoms with Gasteiger partial charge in [-0.3, -0.25) is 9.69 Å². The van der Waals surface area contributed by atoms with Crippen molar-refractivity contribution in [3.63, 3.8) is 0 Å². The lowest BCUT2D eigenvalue weighted by Crippen LogP contribution is -2.41. The Bertz CT molecular complexity index is 812. The maximum atomic E-state index is 12.6. The number of benzene rings is 3. The van der Waals surface area contributed by atoms with Crippen LogP contribution in [0, 0.1) is 0 Å². The van der Waals surface area contributed by atoms with Crippen molar-refractivity contribution in [3.05, 3.63) is 108 Å². The molecule has 0 aliphatic carbocycles. The summed E-state index contributed by atoms with van der Waals surface area (Å²) in [5, 5.41) is 2.83. The lowest BCUT2D eigenvalue weighted by atomic mass is 9.76. The third-order valence-corrected chi connectivity index (χ3v) is 5.58. The smallest absolute Gasteiger partial charge is 0.238 e. The van der Waals surface area contributed by atoms with Crippen molar-refractivity contribution >= 4 is 5.91 Å². The van der Waals surface area contributed by atoms with Crippen LogP contribution in [0.25, 0.3) is 0 Å². The maximum absolute atomic E-state index is 12.6. The molecule has 3 nitrogen and oxygen atoms in total. The van der Waals surface area contributed by atoms with Gasteiger partial charge in [0.2, 0.25) is 5.91 Å². The Kier molecular flexibility index (Phi) is 4.54. The molecule has 1 heterocycles. The van der Waals surface area contributed by atoms with Crippen LogP contribution < -0.4 is 5.32 Å². The second-order valence-electron chi connectivity index (χ2n) is 7.02. The Morgan fingerprint density at radius 3 is 1.48 bits per heavy atom. The number of amides is 1. The SMILES string of the molecule is CNC(=O)C1C(C)N1C(c1ccccc1)(c1ccccc1)c1ccccc1. The van der Waals surface area contributed by atoms with Crippen molar-refractivity contribution in [3.8, 4) is 0 Å². The first kappa shape index (κ1) is 17.5. The number of nitrogens with one attached hydrogen (secondary N) is 1. The van der Waals surface area contributed by atoms with Crippen LogP contribution in [-0.2, 0) is 10.3 Å². The van der Waals surface area contributed by atoms with E-state index in [9.17, 15) is 4.79 Å². The zero-order valence-corrected chi connectivity index (χ0v) is 15.7. The van der Waals surface area contributed by atoms with Crippen molar-refractivity contribution in [1.82, 2.24) is 10.2 Å². The largest absolute Gasteiger partial charge is 0.358 e. The molecule has 1 aliphatic rings. The highest BCUT2D eigenvalue weighted by Gasteiger charge is 2.61. The van der Waals surface area contributed by atoms with E-state index in [4.69, 9.17) is 0 Å². The van der Waals surface area contributed by atoms with Gasteiger partial charge in [0.25, 0.3) is 0 Å². The summed E-state index contributed by atoms with van der Waals surface area (Å²) in [5.41, 5.74) is 2.99. The van der Waals surface area contributed by atoms with Crippen LogP contribution in [0.2, 0.25) is 0 Å². The van der Waals surface area contributed by atoms with Crippen LogP contribution in [0.5, 0.6) is 0 Å². The Balaban J connectivity index is 2.01. The standard InChI is InChI=1S/C24H24N2O/c1-18-22(23(27)25-2)26(18)24(19-12-6-3-7-13-19,20-14-8-4-9-15-20)21-16-10-5-11-17-21/h3-18,22H,1-2H3,(H,25,27). The van der Waals surface area contributed by atoms with Crippen LogP contribution in [-0.4, -0.2) is 29.9 Å². The quantitative estimate of drug-likeness (QED) is 0.557. The Labute approximate surface area is 160 Å². The van der Waals surface area contributed by atoms with Gasteiger partial charge in [0.05, 0.1) is 5.54 Å². The van der Waals surface area contributed by atoms with Gasteiger partial charge in [-0.05, 0) is 23.6 Å². The van der Waals surface area contributed by atoms with Crippen LogP contribution in [0.1, 0.15) is 23.6 Å². The van der Waals surface area contributed by atoms with Crippen molar-refractivity contribution in [1.29, 1.82) is 0 Å². The van der Waals surface area contributed by atoms with Gasteiger partial charge in [-0.25, -0.2) is 0 Å². The topological polar surface area (TPSA) is 32.1 Å². The molecular weight excluding hydrogens is 332 g/mol. The molecule has 1 N–H and O–H groups in total. The van der Waals surface area contributed by atoms with Gasteiger partial charge in [0.1, 0.15) is 6.04 Å². The molecule has 3 aromatic carbocycles. The molecule has 3 unspecified atom stereocenters. The van der Waals surface area contributed by atoms with E-state index in [2.05, 4.69) is 89.9 Å². The van der Waals surface area contributed by atoms with E-state index in [0.717, 1.165) is 0 Å². The minimum atomic E-state index is -0.514. The van der Waals surface area contributed by atoms with E-state index in [1.807, 2.05) is 18.2 Å². The molecule has 0 bridgehead atoms. The minimum absolute atomic E-state index is 0.0645. The molecule has 0 saturated carbocycles. The first-order chi connectivity index (χ1) is 13.2. The highest BCUT2D eigenvalue weighted by Crippen LogP contribution is 2.51. The summed E-state index contributed by atoms with van der Waals surface area (Å²) in [5.74, 6) is 0.0645. The van der Waals surface area contributed by atoms with Crippen LogP contribution in [0.4, 0.5) is 0 Å². The summed E-state index contributed by atoms with van der Waals surface area (Å²) in [6.07, 6.45) is 0. The fraction of sp³-hybridized carbons (Fsp3) is 0.208. The molecule has 3 heteroatoms. The number of hydrogen-bond donors (Lipinski definition) is 1. The molecular formula is C24H24N2O. The molecule has 3 aromatic rings. The van der Waals surface area contributed by atoms with Gasteiger partial charge in [0.15, 0.2) is 0 Å². The average molecular weight is 356 g/mol. The predicted octanol–water partition coefficient (Wildman–Crippen LogP) is 3.80. The lowest BCUT2D eigenvalue weighted by Gasteiger charge is -2.38. The van der Waals surface area contributed by atoms with Crippen molar-refractivity contribution in [2.75, 3.05) is 7.05 Å². The third kappa shape index (κ3) is 2.75. The number of carbonyl (C=O) groups excluding carboxylic acids is 1. The summed E-state index contributed by atoms with van der Waals surface area (Å²) in [6, 6.07) is 31.5. The Morgan fingerprint density at radius 2 is 1.15 bits per heavy atom. The van der Waals surface area contributed by atoms with E-state index >= 15 is 0 Å². The Morgan fingerprint density at radius 1 is 0.778 bits per heavy atom. The second kappa shape index (κ2) is 7.01. The van der Waals surface area contributed by atoms with Gasteiger partial charge in [-0.2, -0.15) is 0 Å². The van der Waals surface area contributed by atoms with E-state index in [0.29, 0.717) is 0 Å². The summed E-state index contributed by atoms with van der Waals surface area (Å²) in [6.45, 7) is 2.13. The number of hydrogen-bond acceptors (Lipinski definition) is 2.